The van der Waals surface area contributed by atoms with Gasteiger partial charge in [-0.3, -0.25) is 0 Å². The van der Waals surface area contributed by atoms with Gasteiger partial charge in [-0.25, -0.2) is 8.42 Å². The average molecular weight is 464 g/mol. The van der Waals surface area contributed by atoms with Crippen LogP contribution in [-0.4, -0.2) is 14.2 Å². The van der Waals surface area contributed by atoms with Gasteiger partial charge < -0.3 is 0 Å². The second-order valence-electron chi connectivity index (χ2n) is 8.23. The molecule has 0 aliphatic heterocycles. The van der Waals surface area contributed by atoms with Crippen LogP contribution in [0.5, 0.6) is 0 Å². The van der Waals surface area contributed by atoms with Gasteiger partial charge in [-0.2, -0.15) is 0 Å². The van der Waals surface area contributed by atoms with Crippen LogP contribution >= 0.6 is 23.2 Å². The fourth-order valence-electron chi connectivity index (χ4n) is 3.67. The highest BCUT2D eigenvalue weighted by molar-refractivity contribution is 7.91. The van der Waals surface area contributed by atoms with E-state index in [0.717, 1.165) is 12.8 Å². The van der Waals surface area contributed by atoms with Crippen molar-refractivity contribution in [2.45, 2.75) is 115 Å². The molecule has 0 N–H and O–H groups in total. The molecule has 0 amide bonds. The molecule has 0 spiro atoms. The quantitative estimate of drug-likeness (QED) is 0.204. The molecule has 0 saturated carbocycles. The third-order valence-electron chi connectivity index (χ3n) is 5.46. The molecule has 0 bridgehead atoms. The molecule has 0 fully saturated rings. The fraction of sp³-hybridized carbons (Fsp3) is 0.750. The summed E-state index contributed by atoms with van der Waals surface area (Å²) in [5.74, 6) is 0.169. The number of hydrogen-bond acceptors (Lipinski definition) is 2. The van der Waals surface area contributed by atoms with Gasteiger partial charge in [-0.1, -0.05) is 126 Å². The van der Waals surface area contributed by atoms with E-state index in [0.29, 0.717) is 16.5 Å². The van der Waals surface area contributed by atoms with Crippen LogP contribution < -0.4 is 0 Å². The van der Waals surface area contributed by atoms with E-state index in [-0.39, 0.29) is 10.6 Å². The van der Waals surface area contributed by atoms with Crippen molar-refractivity contribution in [3.8, 4) is 0 Å². The highest BCUT2D eigenvalue weighted by Gasteiger charge is 2.15. The zero-order chi connectivity index (χ0) is 21.4. The van der Waals surface area contributed by atoms with E-state index in [1.54, 1.807) is 6.07 Å². The van der Waals surface area contributed by atoms with Crippen molar-refractivity contribution in [3.05, 3.63) is 28.2 Å². The van der Waals surface area contributed by atoms with E-state index in [1.165, 1.54) is 95.6 Å². The van der Waals surface area contributed by atoms with Crippen LogP contribution in [0.4, 0.5) is 0 Å². The van der Waals surface area contributed by atoms with Crippen molar-refractivity contribution >= 4 is 33.0 Å². The van der Waals surface area contributed by atoms with Crippen LogP contribution in [0.3, 0.4) is 0 Å². The summed E-state index contributed by atoms with van der Waals surface area (Å²) in [6.07, 6.45) is 20.5. The van der Waals surface area contributed by atoms with E-state index in [1.807, 2.05) is 0 Å². The van der Waals surface area contributed by atoms with Crippen LogP contribution in [0.25, 0.3) is 0 Å². The molecular weight excluding hydrogens is 423 g/mol. The molecule has 0 unspecified atom stereocenters. The Morgan fingerprint density at radius 3 is 1.31 bits per heavy atom. The lowest BCUT2D eigenvalue weighted by Crippen LogP contribution is -2.07. The van der Waals surface area contributed by atoms with E-state index in [2.05, 4.69) is 6.92 Å². The molecule has 168 valence electrons. The molecule has 29 heavy (non-hydrogen) atoms. The number of rotatable bonds is 18. The number of unbranched alkanes of at least 4 members (excludes halogenated alkanes) is 15. The molecule has 5 heteroatoms. The van der Waals surface area contributed by atoms with Crippen LogP contribution in [-0.2, 0) is 9.84 Å². The number of sulfone groups is 1. The first-order valence-corrected chi connectivity index (χ1v) is 14.1. The largest absolute Gasteiger partial charge is 0.224 e. The van der Waals surface area contributed by atoms with Crippen LogP contribution in [0.2, 0.25) is 10.0 Å². The molecule has 2 nitrogen and oxygen atoms in total. The first-order chi connectivity index (χ1) is 14.0. The van der Waals surface area contributed by atoms with Gasteiger partial charge in [-0.05, 0) is 24.6 Å². The van der Waals surface area contributed by atoms with Gasteiger partial charge in [0.25, 0.3) is 0 Å². The molecule has 0 saturated heterocycles. The van der Waals surface area contributed by atoms with E-state index >= 15 is 0 Å². The highest BCUT2D eigenvalue weighted by atomic mass is 35.5. The second kappa shape index (κ2) is 16.4. The van der Waals surface area contributed by atoms with Crippen molar-refractivity contribution < 1.29 is 8.42 Å². The van der Waals surface area contributed by atoms with Gasteiger partial charge in [-0.15, -0.1) is 0 Å². The summed E-state index contributed by atoms with van der Waals surface area (Å²) in [5.41, 5.74) is 0. The Hall–Kier alpha value is -0.250. The Kier molecular flexibility index (Phi) is 15.2. The molecule has 0 aliphatic carbocycles. The smallest absolute Gasteiger partial charge is 0.178 e. The van der Waals surface area contributed by atoms with Crippen LogP contribution in [0, 0.1) is 0 Å². The fourth-order valence-corrected chi connectivity index (χ4v) is 5.75. The summed E-state index contributed by atoms with van der Waals surface area (Å²) < 4.78 is 24.7. The van der Waals surface area contributed by atoms with Crippen molar-refractivity contribution in [1.29, 1.82) is 0 Å². The van der Waals surface area contributed by atoms with Crippen molar-refractivity contribution in [3.63, 3.8) is 0 Å². The van der Waals surface area contributed by atoms with Gasteiger partial charge in [0.1, 0.15) is 0 Å². The van der Waals surface area contributed by atoms with Crippen molar-refractivity contribution in [2.24, 2.45) is 0 Å². The number of halogens is 2. The lowest BCUT2D eigenvalue weighted by Gasteiger charge is -2.06. The van der Waals surface area contributed by atoms with Gasteiger partial charge in [0.2, 0.25) is 0 Å². The summed E-state index contributed by atoms with van der Waals surface area (Å²) in [4.78, 5) is 0.232. The maximum Gasteiger partial charge on any atom is 0.178 e. The first kappa shape index (κ1) is 26.8. The minimum Gasteiger partial charge on any atom is -0.224 e. The standard InChI is InChI=1S/C24H40Cl2O2S/c1-2-3-4-5-6-7-8-9-10-11-12-13-14-15-16-17-18-29(27,28)24-20-22(25)19-23(26)21-24/h19-21H,2-18H2,1H3. The molecule has 0 radical (unpaired) electrons. The summed E-state index contributed by atoms with van der Waals surface area (Å²) >= 11 is 11.8. The predicted octanol–water partition coefficient (Wildman–Crippen LogP) is 9.03. The van der Waals surface area contributed by atoms with Gasteiger partial charge in [0, 0.05) is 10.0 Å². The van der Waals surface area contributed by atoms with E-state index in [4.69, 9.17) is 23.2 Å². The normalized spacial score (nSPS) is 11.8. The Bertz CT molecular complexity index is 624. The third-order valence-corrected chi connectivity index (χ3v) is 7.68. The Morgan fingerprint density at radius 1 is 0.586 bits per heavy atom. The zero-order valence-corrected chi connectivity index (χ0v) is 20.6. The lowest BCUT2D eigenvalue weighted by molar-refractivity contribution is 0.531. The lowest BCUT2D eigenvalue weighted by atomic mass is 10.0. The van der Waals surface area contributed by atoms with E-state index in [9.17, 15) is 8.42 Å². The SMILES string of the molecule is CCCCCCCCCCCCCCCCCCS(=O)(=O)c1cc(Cl)cc(Cl)c1. The highest BCUT2D eigenvalue weighted by Crippen LogP contribution is 2.24. The number of hydrogen-bond donors (Lipinski definition) is 0. The van der Waals surface area contributed by atoms with Crippen LogP contribution in [0.1, 0.15) is 110 Å². The van der Waals surface area contributed by atoms with Crippen molar-refractivity contribution in [1.82, 2.24) is 0 Å². The maximum absolute atomic E-state index is 12.4. The topological polar surface area (TPSA) is 34.1 Å². The molecule has 0 heterocycles. The molecule has 0 aromatic heterocycles. The number of benzene rings is 1. The Balaban J connectivity index is 1.94. The maximum atomic E-state index is 12.4. The molecule has 0 aliphatic rings. The first-order valence-electron chi connectivity index (χ1n) is 11.6. The summed E-state index contributed by atoms with van der Waals surface area (Å²) in [7, 11) is -3.29. The Morgan fingerprint density at radius 2 is 0.931 bits per heavy atom. The molecule has 0 atom stereocenters. The zero-order valence-electron chi connectivity index (χ0n) is 18.2. The average Bonchev–Trinajstić information content (AvgIpc) is 2.67. The predicted molar refractivity (Wildman–Crippen MR) is 128 cm³/mol. The minimum atomic E-state index is -3.29. The summed E-state index contributed by atoms with van der Waals surface area (Å²) in [6, 6.07) is 4.52. The van der Waals surface area contributed by atoms with Crippen LogP contribution in [0.15, 0.2) is 23.1 Å². The summed E-state index contributed by atoms with van der Waals surface area (Å²) in [5, 5.41) is 0.728. The van der Waals surface area contributed by atoms with Gasteiger partial charge in [0.15, 0.2) is 9.84 Å². The van der Waals surface area contributed by atoms with E-state index < -0.39 is 9.84 Å². The van der Waals surface area contributed by atoms with Gasteiger partial charge in [0.05, 0.1) is 10.6 Å². The molecule has 1 aromatic carbocycles. The third kappa shape index (κ3) is 13.6. The molecule has 1 rings (SSSR count). The van der Waals surface area contributed by atoms with Gasteiger partial charge >= 0.3 is 0 Å². The van der Waals surface area contributed by atoms with Crippen molar-refractivity contribution in [2.75, 3.05) is 5.75 Å². The summed E-state index contributed by atoms with van der Waals surface area (Å²) in [6.45, 7) is 2.27. The molecule has 1 aromatic rings. The monoisotopic (exact) mass is 462 g/mol. The second-order valence-corrected chi connectivity index (χ2v) is 11.2. The minimum absolute atomic E-state index is 0.169. The molecular formula is C24H40Cl2O2S. The Labute approximate surface area is 189 Å².